The van der Waals surface area contributed by atoms with E-state index < -0.39 is 0 Å². The second kappa shape index (κ2) is 6.43. The molecule has 0 saturated carbocycles. The van der Waals surface area contributed by atoms with Crippen LogP contribution in [0.3, 0.4) is 0 Å². The molecule has 0 saturated heterocycles. The van der Waals surface area contributed by atoms with Crippen molar-refractivity contribution in [2.75, 3.05) is 17.7 Å². The molecule has 0 fully saturated rings. The molecule has 21 heavy (non-hydrogen) atoms. The van der Waals surface area contributed by atoms with Crippen LogP contribution in [-0.4, -0.2) is 17.0 Å². The molecule has 0 aliphatic rings. The third-order valence-electron chi connectivity index (χ3n) is 3.64. The molecular formula is C16H24N4S. The standard InChI is InChI=1S/C16H24N4S/c1-7-14-19-15(17-6)10(3)16(20-14)18-11(4)13-8-9(2)21-12(13)5/h8,11H,7H2,1-6H3,(H2,17,18,19,20). The minimum Gasteiger partial charge on any atom is -0.373 e. The minimum atomic E-state index is 0.234. The Hall–Kier alpha value is -1.62. The number of hydrogen-bond donors (Lipinski definition) is 2. The lowest BCUT2D eigenvalue weighted by atomic mass is 10.1. The van der Waals surface area contributed by atoms with Crippen LogP contribution in [0.1, 0.15) is 46.6 Å². The summed E-state index contributed by atoms with van der Waals surface area (Å²) in [7, 11) is 1.90. The fourth-order valence-corrected chi connectivity index (χ4v) is 3.49. The molecule has 4 nitrogen and oxygen atoms in total. The third kappa shape index (κ3) is 3.35. The average Bonchev–Trinajstić information content (AvgIpc) is 2.80. The van der Waals surface area contributed by atoms with Crippen LogP contribution in [0, 0.1) is 20.8 Å². The van der Waals surface area contributed by atoms with E-state index in [1.807, 2.05) is 25.3 Å². The van der Waals surface area contributed by atoms with Gasteiger partial charge < -0.3 is 10.6 Å². The average molecular weight is 304 g/mol. The first-order valence-electron chi connectivity index (χ1n) is 7.35. The molecular weight excluding hydrogens is 280 g/mol. The number of hydrogen-bond acceptors (Lipinski definition) is 5. The Morgan fingerprint density at radius 1 is 1.19 bits per heavy atom. The van der Waals surface area contributed by atoms with Crippen molar-refractivity contribution in [3.8, 4) is 0 Å². The van der Waals surface area contributed by atoms with Crippen molar-refractivity contribution < 1.29 is 0 Å². The van der Waals surface area contributed by atoms with Crippen molar-refractivity contribution in [2.45, 2.75) is 47.1 Å². The van der Waals surface area contributed by atoms with Crippen molar-refractivity contribution >= 4 is 23.0 Å². The van der Waals surface area contributed by atoms with E-state index in [9.17, 15) is 0 Å². The lowest BCUT2D eigenvalue weighted by Gasteiger charge is -2.18. The maximum atomic E-state index is 4.64. The van der Waals surface area contributed by atoms with Gasteiger partial charge in [0.15, 0.2) is 0 Å². The molecule has 0 aliphatic heterocycles. The third-order valence-corrected chi connectivity index (χ3v) is 4.63. The fraction of sp³-hybridized carbons (Fsp3) is 0.500. The van der Waals surface area contributed by atoms with Crippen molar-refractivity contribution in [2.24, 2.45) is 0 Å². The predicted molar refractivity (Wildman–Crippen MR) is 91.5 cm³/mol. The van der Waals surface area contributed by atoms with Crippen LogP contribution in [0.2, 0.25) is 0 Å². The normalized spacial score (nSPS) is 12.3. The van der Waals surface area contributed by atoms with Crippen LogP contribution in [0.4, 0.5) is 11.6 Å². The molecule has 0 radical (unpaired) electrons. The molecule has 1 unspecified atom stereocenters. The van der Waals surface area contributed by atoms with Gasteiger partial charge in [-0.3, -0.25) is 0 Å². The van der Waals surface area contributed by atoms with Crippen LogP contribution >= 0.6 is 11.3 Å². The number of nitrogens with one attached hydrogen (secondary N) is 2. The van der Waals surface area contributed by atoms with E-state index in [1.54, 1.807) is 0 Å². The molecule has 1 atom stereocenters. The Kier molecular flexibility index (Phi) is 4.83. The predicted octanol–water partition coefficient (Wildman–Crippen LogP) is 4.24. The van der Waals surface area contributed by atoms with Crippen molar-refractivity contribution in [1.82, 2.24) is 9.97 Å². The summed E-state index contributed by atoms with van der Waals surface area (Å²) in [5.41, 5.74) is 2.41. The highest BCUT2D eigenvalue weighted by Gasteiger charge is 2.15. The summed E-state index contributed by atoms with van der Waals surface area (Å²) in [6.07, 6.45) is 0.828. The summed E-state index contributed by atoms with van der Waals surface area (Å²) in [6, 6.07) is 2.49. The van der Waals surface area contributed by atoms with Crippen LogP contribution in [-0.2, 0) is 6.42 Å². The molecule has 2 rings (SSSR count). The Labute approximate surface area is 131 Å². The van der Waals surface area contributed by atoms with E-state index in [2.05, 4.69) is 54.4 Å². The minimum absolute atomic E-state index is 0.234. The van der Waals surface area contributed by atoms with Crippen LogP contribution < -0.4 is 10.6 Å². The second-order valence-electron chi connectivity index (χ2n) is 5.30. The van der Waals surface area contributed by atoms with Crippen molar-refractivity contribution in [3.63, 3.8) is 0 Å². The van der Waals surface area contributed by atoms with Crippen molar-refractivity contribution in [1.29, 1.82) is 0 Å². The summed E-state index contributed by atoms with van der Waals surface area (Å²) in [4.78, 5) is 11.9. The molecule has 0 aromatic carbocycles. The van der Waals surface area contributed by atoms with Gasteiger partial charge in [0.1, 0.15) is 17.5 Å². The van der Waals surface area contributed by atoms with Gasteiger partial charge in [-0.1, -0.05) is 6.92 Å². The Morgan fingerprint density at radius 2 is 1.86 bits per heavy atom. The molecule has 0 amide bonds. The van der Waals surface area contributed by atoms with Gasteiger partial charge in [0.2, 0.25) is 0 Å². The highest BCUT2D eigenvalue weighted by molar-refractivity contribution is 7.12. The largest absolute Gasteiger partial charge is 0.373 e. The highest BCUT2D eigenvalue weighted by Crippen LogP contribution is 2.30. The molecule has 2 N–H and O–H groups in total. The van der Waals surface area contributed by atoms with Gasteiger partial charge in [0, 0.05) is 28.8 Å². The number of nitrogens with zero attached hydrogens (tertiary/aromatic N) is 2. The van der Waals surface area contributed by atoms with Crippen molar-refractivity contribution in [3.05, 3.63) is 32.8 Å². The van der Waals surface area contributed by atoms with Gasteiger partial charge in [0.05, 0.1) is 6.04 Å². The zero-order valence-corrected chi connectivity index (χ0v) is 14.5. The summed E-state index contributed by atoms with van der Waals surface area (Å²) in [6.45, 7) is 10.6. The summed E-state index contributed by atoms with van der Waals surface area (Å²) in [5, 5.41) is 6.70. The first-order chi connectivity index (χ1) is 9.96. The number of anilines is 2. The van der Waals surface area contributed by atoms with Gasteiger partial charge in [0.25, 0.3) is 0 Å². The molecule has 114 valence electrons. The number of thiophene rings is 1. The first-order valence-corrected chi connectivity index (χ1v) is 8.16. The SMILES string of the molecule is CCc1nc(NC)c(C)c(NC(C)c2cc(C)sc2C)n1. The lowest BCUT2D eigenvalue weighted by molar-refractivity contribution is 0.850. The van der Waals surface area contributed by atoms with E-state index in [-0.39, 0.29) is 6.04 Å². The van der Waals surface area contributed by atoms with E-state index in [0.717, 1.165) is 29.4 Å². The van der Waals surface area contributed by atoms with E-state index in [1.165, 1.54) is 15.3 Å². The number of aryl methyl sites for hydroxylation is 3. The smallest absolute Gasteiger partial charge is 0.135 e. The summed E-state index contributed by atoms with van der Waals surface area (Å²) < 4.78 is 0. The summed E-state index contributed by atoms with van der Waals surface area (Å²) >= 11 is 1.84. The molecule has 2 aromatic rings. The maximum Gasteiger partial charge on any atom is 0.135 e. The van der Waals surface area contributed by atoms with Gasteiger partial charge >= 0.3 is 0 Å². The first kappa shape index (κ1) is 15.8. The van der Waals surface area contributed by atoms with Crippen LogP contribution in [0.5, 0.6) is 0 Å². The molecule has 2 aromatic heterocycles. The Morgan fingerprint density at radius 3 is 2.38 bits per heavy atom. The number of aromatic nitrogens is 2. The monoisotopic (exact) mass is 304 g/mol. The van der Waals surface area contributed by atoms with E-state index >= 15 is 0 Å². The highest BCUT2D eigenvalue weighted by atomic mass is 32.1. The lowest BCUT2D eigenvalue weighted by Crippen LogP contribution is -2.13. The zero-order valence-electron chi connectivity index (χ0n) is 13.7. The van der Waals surface area contributed by atoms with Gasteiger partial charge in [-0.2, -0.15) is 0 Å². The maximum absolute atomic E-state index is 4.64. The van der Waals surface area contributed by atoms with Gasteiger partial charge in [-0.05, 0) is 39.3 Å². The van der Waals surface area contributed by atoms with Crippen LogP contribution in [0.15, 0.2) is 6.07 Å². The fourth-order valence-electron chi connectivity index (χ4n) is 2.47. The zero-order chi connectivity index (χ0) is 15.6. The van der Waals surface area contributed by atoms with Gasteiger partial charge in [-0.25, -0.2) is 9.97 Å². The topological polar surface area (TPSA) is 49.8 Å². The molecule has 5 heteroatoms. The molecule has 2 heterocycles. The van der Waals surface area contributed by atoms with E-state index in [0.29, 0.717) is 0 Å². The van der Waals surface area contributed by atoms with Gasteiger partial charge in [-0.15, -0.1) is 11.3 Å². The Balaban J connectivity index is 2.32. The second-order valence-corrected chi connectivity index (χ2v) is 6.76. The molecule has 0 spiro atoms. The molecule has 0 bridgehead atoms. The quantitative estimate of drug-likeness (QED) is 0.867. The number of rotatable bonds is 5. The summed E-state index contributed by atoms with van der Waals surface area (Å²) in [5.74, 6) is 2.68. The Bertz CT molecular complexity index is 633. The van der Waals surface area contributed by atoms with E-state index in [4.69, 9.17) is 0 Å². The van der Waals surface area contributed by atoms with Crippen LogP contribution in [0.25, 0.3) is 0 Å². The molecule has 0 aliphatic carbocycles.